The number of hydrogen-bond acceptors (Lipinski definition) is 4. The summed E-state index contributed by atoms with van der Waals surface area (Å²) in [7, 11) is 2.24. The summed E-state index contributed by atoms with van der Waals surface area (Å²) in [6, 6.07) is 21.6. The molecule has 3 aromatic carbocycles. The largest absolute Gasteiger partial charge is 0.465 e. The maximum atomic E-state index is 12.2. The molecule has 0 saturated carbocycles. The Balaban J connectivity index is 2.08. The fraction of sp³-hybridized carbons (Fsp3) is 0.0909. The minimum Gasteiger partial charge on any atom is -0.465 e. The highest BCUT2D eigenvalue weighted by molar-refractivity contribution is 7.50. The SMILES string of the molecule is COC(=O)c1cc(C(=O)OC)cc(-[s+]2c3ccccc3c3ccccc32)c1. The van der Waals surface area contributed by atoms with Gasteiger partial charge in [-0.05, 0) is 30.3 Å². The molecule has 0 atom stereocenters. The maximum absolute atomic E-state index is 12.2. The number of benzene rings is 3. The lowest BCUT2D eigenvalue weighted by atomic mass is 10.1. The fourth-order valence-corrected chi connectivity index (χ4v) is 5.75. The van der Waals surface area contributed by atoms with E-state index < -0.39 is 22.4 Å². The molecule has 0 aliphatic heterocycles. The average Bonchev–Trinajstić information content (AvgIpc) is 3.06. The molecule has 27 heavy (non-hydrogen) atoms. The van der Waals surface area contributed by atoms with E-state index in [0.717, 1.165) is 4.90 Å². The van der Waals surface area contributed by atoms with Crippen LogP contribution in [-0.2, 0) is 9.47 Å². The van der Waals surface area contributed by atoms with E-state index in [4.69, 9.17) is 9.47 Å². The van der Waals surface area contributed by atoms with Crippen molar-refractivity contribution in [2.24, 2.45) is 0 Å². The first-order valence-corrected chi connectivity index (χ1v) is 9.61. The first-order valence-electron chi connectivity index (χ1n) is 8.38. The van der Waals surface area contributed by atoms with E-state index >= 15 is 0 Å². The molecular weight excluding hydrogens is 360 g/mol. The number of fused-ring (bicyclic) bond motifs is 3. The molecule has 0 aliphatic carbocycles. The molecule has 134 valence electrons. The average molecular weight is 377 g/mol. The number of ether oxygens (including phenoxy) is 2. The van der Waals surface area contributed by atoms with Crippen molar-refractivity contribution >= 4 is 42.6 Å². The Hall–Kier alpha value is -3.18. The molecule has 0 radical (unpaired) electrons. The van der Waals surface area contributed by atoms with Crippen molar-refractivity contribution in [1.29, 1.82) is 0 Å². The summed E-state index contributed by atoms with van der Waals surface area (Å²) in [6.07, 6.45) is 0. The van der Waals surface area contributed by atoms with Crippen molar-refractivity contribution in [3.8, 4) is 4.90 Å². The first-order chi connectivity index (χ1) is 13.1. The molecule has 4 nitrogen and oxygen atoms in total. The molecule has 0 N–H and O–H groups in total. The Morgan fingerprint density at radius 1 is 0.704 bits per heavy atom. The summed E-state index contributed by atoms with van der Waals surface area (Å²) < 4.78 is 12.1. The van der Waals surface area contributed by atoms with Crippen molar-refractivity contribution in [1.82, 2.24) is 0 Å². The van der Waals surface area contributed by atoms with Crippen LogP contribution >= 0.6 is 10.5 Å². The first kappa shape index (κ1) is 17.2. The summed E-state index contributed by atoms with van der Waals surface area (Å²) in [6.45, 7) is 0. The quantitative estimate of drug-likeness (QED) is 0.359. The van der Waals surface area contributed by atoms with Crippen LogP contribution in [0.15, 0.2) is 66.7 Å². The Morgan fingerprint density at radius 2 is 1.15 bits per heavy atom. The summed E-state index contributed by atoms with van der Waals surface area (Å²) in [5.74, 6) is -0.960. The van der Waals surface area contributed by atoms with E-state index in [2.05, 4.69) is 24.3 Å². The van der Waals surface area contributed by atoms with Crippen LogP contribution in [0.1, 0.15) is 20.7 Å². The molecule has 5 heteroatoms. The van der Waals surface area contributed by atoms with Gasteiger partial charge < -0.3 is 9.47 Å². The summed E-state index contributed by atoms with van der Waals surface area (Å²) in [5, 5.41) is 2.36. The summed E-state index contributed by atoms with van der Waals surface area (Å²) in [4.78, 5) is 25.2. The van der Waals surface area contributed by atoms with Crippen LogP contribution in [0.3, 0.4) is 0 Å². The van der Waals surface area contributed by atoms with Crippen molar-refractivity contribution in [2.75, 3.05) is 14.2 Å². The Morgan fingerprint density at radius 3 is 1.59 bits per heavy atom. The van der Waals surface area contributed by atoms with Crippen LogP contribution < -0.4 is 0 Å². The molecule has 0 bridgehead atoms. The topological polar surface area (TPSA) is 52.6 Å². The van der Waals surface area contributed by atoms with Crippen molar-refractivity contribution < 1.29 is 19.1 Å². The number of esters is 2. The lowest BCUT2D eigenvalue weighted by Crippen LogP contribution is -2.06. The lowest BCUT2D eigenvalue weighted by molar-refractivity contribution is 0.0599. The smallest absolute Gasteiger partial charge is 0.338 e. The van der Waals surface area contributed by atoms with Crippen LogP contribution in [0.4, 0.5) is 0 Å². The predicted molar refractivity (Wildman–Crippen MR) is 108 cm³/mol. The molecule has 0 amide bonds. The van der Waals surface area contributed by atoms with E-state index in [0.29, 0.717) is 11.1 Å². The van der Waals surface area contributed by atoms with E-state index in [-0.39, 0.29) is 0 Å². The van der Waals surface area contributed by atoms with Crippen LogP contribution in [0.5, 0.6) is 0 Å². The number of methoxy groups -OCH3 is 2. The van der Waals surface area contributed by atoms with Crippen LogP contribution in [0.2, 0.25) is 0 Å². The zero-order valence-electron chi connectivity index (χ0n) is 14.9. The van der Waals surface area contributed by atoms with Gasteiger partial charge >= 0.3 is 11.9 Å². The number of carbonyl (C=O) groups excluding carboxylic acids is 2. The highest BCUT2D eigenvalue weighted by Gasteiger charge is 2.26. The monoisotopic (exact) mass is 377 g/mol. The number of carbonyl (C=O) groups is 2. The third-order valence-electron chi connectivity index (χ3n) is 4.49. The number of thiophene rings is 1. The van der Waals surface area contributed by atoms with Crippen LogP contribution in [0, 0.1) is 0 Å². The zero-order valence-corrected chi connectivity index (χ0v) is 15.7. The lowest BCUT2D eigenvalue weighted by Gasteiger charge is -2.04. The number of rotatable bonds is 3. The van der Waals surface area contributed by atoms with Gasteiger partial charge in [0.15, 0.2) is 14.3 Å². The van der Waals surface area contributed by atoms with Crippen molar-refractivity contribution in [3.63, 3.8) is 0 Å². The van der Waals surface area contributed by atoms with Gasteiger partial charge in [-0.1, -0.05) is 24.3 Å². The number of hydrogen-bond donors (Lipinski definition) is 0. The molecule has 0 spiro atoms. The standard InChI is InChI=1S/C22H17O4S/c1-25-21(23)14-11-15(22(24)26-2)13-16(12-14)27-19-9-5-3-7-17(19)18-8-4-6-10-20(18)27/h3-13H,1-2H3/q+1. The highest BCUT2D eigenvalue weighted by atomic mass is 32.2. The highest BCUT2D eigenvalue weighted by Crippen LogP contribution is 2.48. The molecular formula is C22H17O4S+. The van der Waals surface area contributed by atoms with Crippen LogP contribution in [0.25, 0.3) is 25.1 Å². The van der Waals surface area contributed by atoms with Gasteiger partial charge in [0.2, 0.25) is 0 Å². The third-order valence-corrected chi connectivity index (χ3v) is 6.79. The normalized spacial score (nSPS) is 10.9. The molecule has 0 saturated heterocycles. The minimum absolute atomic E-state index is 0.338. The second kappa shape index (κ2) is 6.85. The van der Waals surface area contributed by atoms with Crippen molar-refractivity contribution in [3.05, 3.63) is 77.9 Å². The predicted octanol–water partition coefficient (Wildman–Crippen LogP) is 5.30. The van der Waals surface area contributed by atoms with E-state index in [1.165, 1.54) is 40.5 Å². The zero-order chi connectivity index (χ0) is 19.0. The molecule has 0 aliphatic rings. The third kappa shape index (κ3) is 2.86. The Kier molecular flexibility index (Phi) is 4.38. The second-order valence-corrected chi connectivity index (χ2v) is 7.99. The van der Waals surface area contributed by atoms with E-state index in [9.17, 15) is 9.59 Å². The van der Waals surface area contributed by atoms with E-state index in [1.807, 2.05) is 24.3 Å². The van der Waals surface area contributed by atoms with Gasteiger partial charge in [0.05, 0.1) is 25.3 Å². The van der Waals surface area contributed by atoms with E-state index in [1.54, 1.807) is 12.1 Å². The van der Waals surface area contributed by atoms with Gasteiger partial charge in [0.1, 0.15) is 0 Å². The Bertz CT molecular complexity index is 1100. The molecule has 0 unspecified atom stereocenters. The minimum atomic E-state index is -0.480. The Labute approximate surface area is 158 Å². The van der Waals surface area contributed by atoms with Crippen molar-refractivity contribution in [2.45, 2.75) is 0 Å². The molecule has 0 fully saturated rings. The van der Waals surface area contributed by atoms with Gasteiger partial charge in [0, 0.05) is 33.4 Å². The molecule has 4 aromatic rings. The molecule has 4 rings (SSSR count). The summed E-state index contributed by atoms with van der Waals surface area (Å²) >= 11 is 0. The van der Waals surface area contributed by atoms with Gasteiger partial charge in [-0.15, -0.1) is 0 Å². The second-order valence-electron chi connectivity index (χ2n) is 6.03. The summed E-state index contributed by atoms with van der Waals surface area (Å²) in [5.41, 5.74) is 0.675. The molecule has 1 heterocycles. The van der Waals surface area contributed by atoms with Crippen LogP contribution in [-0.4, -0.2) is 26.2 Å². The van der Waals surface area contributed by atoms with Gasteiger partial charge in [-0.25, -0.2) is 9.59 Å². The van der Waals surface area contributed by atoms with Gasteiger partial charge in [-0.2, -0.15) is 0 Å². The maximum Gasteiger partial charge on any atom is 0.338 e. The fourth-order valence-electron chi connectivity index (χ4n) is 3.30. The van der Waals surface area contributed by atoms with Gasteiger partial charge in [0.25, 0.3) is 0 Å². The molecule has 1 aromatic heterocycles. The van der Waals surface area contributed by atoms with Gasteiger partial charge in [-0.3, -0.25) is 0 Å².